The molecule has 1 N–H and O–H groups in total. The van der Waals surface area contributed by atoms with E-state index in [1.54, 1.807) is 6.07 Å². The number of nitrogens with zero attached hydrogens (tertiary/aromatic N) is 2. The number of hydrogen-bond acceptors (Lipinski definition) is 4. The summed E-state index contributed by atoms with van der Waals surface area (Å²) in [5, 5.41) is 13.4. The maximum atomic E-state index is 13.4. The highest BCUT2D eigenvalue weighted by Gasteiger charge is 2.62. The summed E-state index contributed by atoms with van der Waals surface area (Å²) in [4.78, 5) is 12.0. The Morgan fingerprint density at radius 3 is 2.70 bits per heavy atom. The van der Waals surface area contributed by atoms with Gasteiger partial charge in [-0.1, -0.05) is 18.2 Å². The van der Waals surface area contributed by atoms with Crippen molar-refractivity contribution in [3.63, 3.8) is 0 Å². The van der Waals surface area contributed by atoms with Crippen LogP contribution in [0.3, 0.4) is 0 Å². The molecule has 0 aliphatic carbocycles. The van der Waals surface area contributed by atoms with Crippen molar-refractivity contribution < 1.29 is 27.5 Å². The molecule has 0 fully saturated rings. The van der Waals surface area contributed by atoms with Crippen LogP contribution in [0.5, 0.6) is 0 Å². The quantitative estimate of drug-likeness (QED) is 0.850. The molecule has 0 saturated heterocycles. The molecule has 1 aliphatic rings. The topological polar surface area (TPSA) is 52.9 Å². The number of halogens is 4. The Morgan fingerprint density at radius 1 is 1.43 bits per heavy atom. The third-order valence-electron chi connectivity index (χ3n) is 3.25. The van der Waals surface area contributed by atoms with Crippen molar-refractivity contribution in [3.05, 3.63) is 35.6 Å². The number of hydrazone groups is 1. The molecule has 0 bridgehead atoms. The van der Waals surface area contributed by atoms with E-state index in [9.17, 15) is 27.5 Å². The molecule has 0 spiro atoms. The minimum absolute atomic E-state index is 0.0114. The van der Waals surface area contributed by atoms with Crippen molar-refractivity contribution in [2.75, 3.05) is 5.75 Å². The Hall–Kier alpha value is -1.61. The highest BCUT2D eigenvalue weighted by molar-refractivity contribution is 7.99. The summed E-state index contributed by atoms with van der Waals surface area (Å²) in [6, 6.07) is 5.92. The fraction of sp³-hybridized carbons (Fsp3) is 0.429. The number of hydrogen-bond donors (Lipinski definition) is 1. The van der Waals surface area contributed by atoms with Crippen molar-refractivity contribution in [1.82, 2.24) is 5.01 Å². The minimum Gasteiger partial charge on any atom is -0.362 e. The molecule has 0 aromatic heterocycles. The van der Waals surface area contributed by atoms with Gasteiger partial charge < -0.3 is 5.11 Å². The van der Waals surface area contributed by atoms with E-state index < -0.39 is 30.0 Å². The fourth-order valence-corrected chi connectivity index (χ4v) is 2.98. The van der Waals surface area contributed by atoms with Gasteiger partial charge in [0.1, 0.15) is 5.82 Å². The molecule has 23 heavy (non-hydrogen) atoms. The Balaban J connectivity index is 2.01. The van der Waals surface area contributed by atoms with Crippen LogP contribution in [-0.4, -0.2) is 39.4 Å². The zero-order valence-corrected chi connectivity index (χ0v) is 12.9. The van der Waals surface area contributed by atoms with E-state index in [0.29, 0.717) is 5.56 Å². The zero-order valence-electron chi connectivity index (χ0n) is 12.1. The zero-order chi connectivity index (χ0) is 17.3. The Morgan fingerprint density at radius 2 is 2.09 bits per heavy atom. The predicted octanol–water partition coefficient (Wildman–Crippen LogP) is 2.92. The third-order valence-corrected chi connectivity index (χ3v) is 4.22. The number of benzene rings is 1. The standard InChI is InChI=1S/C14H14F4N2O2S/c1-9-6-13(22,14(16,17)18)20(19-9)12(21)8-23-7-10-4-2-3-5-11(10)15/h2-5,22H,6-8H2,1H3/t13-/m1/s1. The van der Waals surface area contributed by atoms with Gasteiger partial charge in [0.15, 0.2) is 0 Å². The van der Waals surface area contributed by atoms with E-state index in [1.165, 1.54) is 25.1 Å². The number of thioether (sulfide) groups is 1. The first-order valence-corrected chi connectivity index (χ1v) is 7.78. The van der Waals surface area contributed by atoms with E-state index in [1.807, 2.05) is 0 Å². The normalized spacial score (nSPS) is 21.5. The molecule has 1 amide bonds. The van der Waals surface area contributed by atoms with Gasteiger partial charge in [-0.3, -0.25) is 4.79 Å². The van der Waals surface area contributed by atoms with Crippen LogP contribution < -0.4 is 0 Å². The number of aliphatic hydroxyl groups is 1. The summed E-state index contributed by atoms with van der Waals surface area (Å²) in [6.07, 6.45) is -5.79. The molecule has 1 aliphatic heterocycles. The van der Waals surface area contributed by atoms with Crippen LogP contribution in [0.25, 0.3) is 0 Å². The highest BCUT2D eigenvalue weighted by Crippen LogP contribution is 2.40. The Labute approximate surface area is 134 Å². The summed E-state index contributed by atoms with van der Waals surface area (Å²) in [6.45, 7) is 1.30. The second-order valence-corrected chi connectivity index (χ2v) is 6.10. The first kappa shape index (κ1) is 17.7. The molecule has 1 aromatic rings. The van der Waals surface area contributed by atoms with E-state index in [4.69, 9.17) is 0 Å². The van der Waals surface area contributed by atoms with Crippen LogP contribution in [0.4, 0.5) is 17.6 Å². The molecular weight excluding hydrogens is 336 g/mol. The van der Waals surface area contributed by atoms with Crippen LogP contribution >= 0.6 is 11.8 Å². The molecule has 0 saturated carbocycles. The SMILES string of the molecule is CC1=NN(C(=O)CSCc2ccccc2F)[C@](O)(C(F)(F)F)C1. The lowest BCUT2D eigenvalue weighted by Gasteiger charge is -2.32. The summed E-state index contributed by atoms with van der Waals surface area (Å²) >= 11 is 0.949. The molecule has 0 unspecified atom stereocenters. The predicted molar refractivity (Wildman–Crippen MR) is 78.1 cm³/mol. The Bertz CT molecular complexity index is 635. The van der Waals surface area contributed by atoms with Gasteiger partial charge >= 0.3 is 6.18 Å². The monoisotopic (exact) mass is 350 g/mol. The van der Waals surface area contributed by atoms with Crippen LogP contribution in [-0.2, 0) is 10.5 Å². The largest absolute Gasteiger partial charge is 0.438 e. The van der Waals surface area contributed by atoms with Crippen LogP contribution in [0.15, 0.2) is 29.4 Å². The van der Waals surface area contributed by atoms with Gasteiger partial charge in [-0.05, 0) is 18.6 Å². The Kier molecular flexibility index (Phi) is 5.00. The van der Waals surface area contributed by atoms with E-state index in [2.05, 4.69) is 5.10 Å². The molecule has 1 heterocycles. The summed E-state index contributed by atoms with van der Waals surface area (Å²) in [5.41, 5.74) is -2.96. The average Bonchev–Trinajstić information content (AvgIpc) is 2.77. The lowest BCUT2D eigenvalue weighted by Crippen LogP contribution is -2.57. The van der Waals surface area contributed by atoms with Gasteiger partial charge in [-0.25, -0.2) is 4.39 Å². The maximum Gasteiger partial charge on any atom is 0.438 e. The third kappa shape index (κ3) is 3.66. The summed E-state index contributed by atoms with van der Waals surface area (Å²) in [5.74, 6) is -1.67. The van der Waals surface area contributed by atoms with Crippen LogP contribution in [0.2, 0.25) is 0 Å². The van der Waals surface area contributed by atoms with Crippen molar-refractivity contribution in [2.45, 2.75) is 31.0 Å². The van der Waals surface area contributed by atoms with Gasteiger partial charge in [0.2, 0.25) is 0 Å². The first-order valence-electron chi connectivity index (χ1n) is 6.62. The molecule has 1 atom stereocenters. The van der Waals surface area contributed by atoms with Gasteiger partial charge in [0.25, 0.3) is 11.6 Å². The van der Waals surface area contributed by atoms with Crippen molar-refractivity contribution >= 4 is 23.4 Å². The van der Waals surface area contributed by atoms with Crippen molar-refractivity contribution in [2.24, 2.45) is 5.10 Å². The van der Waals surface area contributed by atoms with Crippen molar-refractivity contribution in [3.8, 4) is 0 Å². The van der Waals surface area contributed by atoms with Crippen molar-refractivity contribution in [1.29, 1.82) is 0 Å². The minimum atomic E-state index is -5.01. The van der Waals surface area contributed by atoms with E-state index in [-0.39, 0.29) is 22.2 Å². The number of amides is 1. The first-order chi connectivity index (χ1) is 10.6. The maximum absolute atomic E-state index is 13.4. The molecule has 2 rings (SSSR count). The number of alkyl halides is 3. The van der Waals surface area contributed by atoms with Gasteiger partial charge in [-0.15, -0.1) is 11.8 Å². The number of carbonyl (C=O) groups is 1. The van der Waals surface area contributed by atoms with E-state index in [0.717, 1.165) is 11.8 Å². The molecule has 1 aromatic carbocycles. The molecular formula is C14H14F4N2O2S. The number of rotatable bonds is 4. The van der Waals surface area contributed by atoms with Crippen LogP contribution in [0.1, 0.15) is 18.9 Å². The lowest BCUT2D eigenvalue weighted by molar-refractivity contribution is -0.301. The number of carbonyl (C=O) groups excluding carboxylic acids is 1. The second-order valence-electron chi connectivity index (χ2n) is 5.12. The van der Waals surface area contributed by atoms with Gasteiger partial charge in [0.05, 0.1) is 5.75 Å². The molecule has 9 heteroatoms. The second kappa shape index (κ2) is 6.48. The summed E-state index contributed by atoms with van der Waals surface area (Å²) < 4.78 is 52.4. The highest BCUT2D eigenvalue weighted by atomic mass is 32.2. The van der Waals surface area contributed by atoms with Gasteiger partial charge in [-0.2, -0.15) is 23.3 Å². The molecule has 0 radical (unpaired) electrons. The fourth-order valence-electron chi connectivity index (χ4n) is 2.13. The smallest absolute Gasteiger partial charge is 0.362 e. The van der Waals surface area contributed by atoms with Gasteiger partial charge in [0, 0.05) is 17.9 Å². The van der Waals surface area contributed by atoms with Crippen LogP contribution in [0, 0.1) is 5.82 Å². The molecule has 4 nitrogen and oxygen atoms in total. The van der Waals surface area contributed by atoms with E-state index >= 15 is 0 Å². The average molecular weight is 350 g/mol. The summed E-state index contributed by atoms with van der Waals surface area (Å²) in [7, 11) is 0. The lowest BCUT2D eigenvalue weighted by atomic mass is 10.1. The molecule has 126 valence electrons.